The average Bonchev–Trinajstić information content (AvgIpc) is 2.78. The zero-order valence-corrected chi connectivity index (χ0v) is 13.3. The van der Waals surface area contributed by atoms with E-state index in [1.54, 1.807) is 10.9 Å². The normalized spacial score (nSPS) is 11.6. The van der Waals surface area contributed by atoms with Crippen molar-refractivity contribution in [3.63, 3.8) is 0 Å². The van der Waals surface area contributed by atoms with Crippen LogP contribution in [0.3, 0.4) is 0 Å². The quantitative estimate of drug-likeness (QED) is 0.799. The number of fused-ring (bicyclic) bond motifs is 1. The molecule has 2 aromatic rings. The molecule has 0 amide bonds. The lowest BCUT2D eigenvalue weighted by atomic mass is 10.1. The van der Waals surface area contributed by atoms with E-state index < -0.39 is 0 Å². The minimum atomic E-state index is 0.0806. The molecule has 0 fully saturated rings. The van der Waals surface area contributed by atoms with Gasteiger partial charge in [0.15, 0.2) is 0 Å². The second-order valence-corrected chi connectivity index (χ2v) is 6.51. The molecular weight excluding hydrogens is 270 g/mol. The van der Waals surface area contributed by atoms with Crippen LogP contribution in [0, 0.1) is 12.8 Å². The summed E-state index contributed by atoms with van der Waals surface area (Å²) in [6.45, 7) is 8.98. The maximum Gasteiger partial charge on any atom is 0.271 e. The molecule has 0 spiro atoms. The van der Waals surface area contributed by atoms with E-state index in [1.165, 1.54) is 24.2 Å². The summed E-state index contributed by atoms with van der Waals surface area (Å²) >= 11 is 1.49. The van der Waals surface area contributed by atoms with E-state index in [0.717, 1.165) is 34.8 Å². The molecule has 2 aromatic heterocycles. The minimum Gasteiger partial charge on any atom is -0.315 e. The van der Waals surface area contributed by atoms with Crippen LogP contribution in [0.15, 0.2) is 16.5 Å². The molecule has 110 valence electrons. The molecule has 2 rings (SSSR count). The van der Waals surface area contributed by atoms with Crippen molar-refractivity contribution in [2.24, 2.45) is 5.92 Å². The molecule has 0 bridgehead atoms. The number of hydrogen-bond acceptors (Lipinski definition) is 4. The van der Waals surface area contributed by atoms with Gasteiger partial charge < -0.3 is 5.32 Å². The number of thiophene rings is 1. The molecule has 0 aliphatic rings. The zero-order chi connectivity index (χ0) is 14.5. The van der Waals surface area contributed by atoms with Crippen molar-refractivity contribution in [1.29, 1.82) is 0 Å². The fourth-order valence-electron chi connectivity index (χ4n) is 2.18. The molecular formula is C15H23N3OS. The van der Waals surface area contributed by atoms with Gasteiger partial charge in [-0.1, -0.05) is 13.8 Å². The van der Waals surface area contributed by atoms with E-state index in [9.17, 15) is 4.79 Å². The number of rotatable bonds is 7. The molecule has 0 aliphatic carbocycles. The van der Waals surface area contributed by atoms with E-state index >= 15 is 0 Å². The Morgan fingerprint density at radius 2 is 2.20 bits per heavy atom. The van der Waals surface area contributed by atoms with Crippen molar-refractivity contribution in [3.05, 3.63) is 27.6 Å². The van der Waals surface area contributed by atoms with Crippen LogP contribution in [0.4, 0.5) is 0 Å². The maximum atomic E-state index is 12.3. The summed E-state index contributed by atoms with van der Waals surface area (Å²) < 4.78 is 2.47. The van der Waals surface area contributed by atoms with Crippen LogP contribution in [-0.4, -0.2) is 22.6 Å². The summed E-state index contributed by atoms with van der Waals surface area (Å²) in [5.41, 5.74) is 2.01. The number of nitrogens with zero attached hydrogens (tertiary/aromatic N) is 2. The van der Waals surface area contributed by atoms with Crippen molar-refractivity contribution >= 4 is 21.6 Å². The third-order valence-corrected chi connectivity index (χ3v) is 4.46. The molecule has 0 saturated carbocycles. The minimum absolute atomic E-state index is 0.0806. The summed E-state index contributed by atoms with van der Waals surface area (Å²) in [6.07, 6.45) is 4.10. The summed E-state index contributed by atoms with van der Waals surface area (Å²) in [5, 5.41) is 5.38. The molecule has 0 unspecified atom stereocenters. The van der Waals surface area contributed by atoms with Crippen LogP contribution in [0.25, 0.3) is 10.2 Å². The van der Waals surface area contributed by atoms with Gasteiger partial charge in [0.2, 0.25) is 0 Å². The Balaban J connectivity index is 1.87. The van der Waals surface area contributed by atoms with Crippen LogP contribution in [0.1, 0.15) is 32.3 Å². The molecule has 0 aromatic carbocycles. The molecule has 20 heavy (non-hydrogen) atoms. The molecule has 5 heteroatoms. The Morgan fingerprint density at radius 1 is 1.40 bits per heavy atom. The van der Waals surface area contributed by atoms with Gasteiger partial charge in [0.25, 0.3) is 5.56 Å². The van der Waals surface area contributed by atoms with Crippen molar-refractivity contribution in [2.75, 3.05) is 13.1 Å². The highest BCUT2D eigenvalue weighted by Gasteiger charge is 2.07. The molecule has 4 nitrogen and oxygen atoms in total. The second kappa shape index (κ2) is 6.99. The number of aryl methyl sites for hydroxylation is 1. The lowest BCUT2D eigenvalue weighted by molar-refractivity contribution is 0.512. The number of nitrogens with one attached hydrogen (secondary N) is 1. The van der Waals surface area contributed by atoms with Crippen LogP contribution in [0.5, 0.6) is 0 Å². The summed E-state index contributed by atoms with van der Waals surface area (Å²) in [4.78, 5) is 16.6. The van der Waals surface area contributed by atoms with Crippen LogP contribution >= 0.6 is 11.3 Å². The van der Waals surface area contributed by atoms with Gasteiger partial charge in [0.05, 0.1) is 11.8 Å². The van der Waals surface area contributed by atoms with Gasteiger partial charge >= 0.3 is 0 Å². The smallest absolute Gasteiger partial charge is 0.271 e. The van der Waals surface area contributed by atoms with E-state index in [4.69, 9.17) is 0 Å². The molecule has 0 saturated heterocycles. The topological polar surface area (TPSA) is 46.9 Å². The Hall–Kier alpha value is -1.20. The van der Waals surface area contributed by atoms with Crippen LogP contribution in [0.2, 0.25) is 0 Å². The number of aromatic nitrogens is 2. The number of hydrogen-bond donors (Lipinski definition) is 1. The fourth-order valence-corrected chi connectivity index (χ4v) is 3.13. The summed E-state index contributed by atoms with van der Waals surface area (Å²) in [6, 6.07) is 0. The predicted molar refractivity (Wildman–Crippen MR) is 85.6 cm³/mol. The van der Waals surface area contributed by atoms with Gasteiger partial charge in [-0.25, -0.2) is 4.98 Å². The monoisotopic (exact) mass is 293 g/mol. The Kier molecular flexibility index (Phi) is 5.31. The third kappa shape index (κ3) is 3.67. The Morgan fingerprint density at radius 3 is 2.95 bits per heavy atom. The molecule has 0 aliphatic heterocycles. The van der Waals surface area contributed by atoms with Gasteiger partial charge in [-0.2, -0.15) is 0 Å². The summed E-state index contributed by atoms with van der Waals surface area (Å²) in [7, 11) is 0. The van der Waals surface area contributed by atoms with Crippen molar-refractivity contribution in [1.82, 2.24) is 14.9 Å². The SMILES string of the molecule is Cc1csc2c(=O)n(CCNCCCC(C)C)cnc12. The van der Waals surface area contributed by atoms with Crippen molar-refractivity contribution in [3.8, 4) is 0 Å². The standard InChI is InChI=1S/C15H23N3OS/c1-11(2)5-4-6-16-7-8-18-10-17-13-12(3)9-20-14(13)15(18)19/h9-11,16H,4-8H2,1-3H3. The van der Waals surface area contributed by atoms with Crippen molar-refractivity contribution in [2.45, 2.75) is 40.2 Å². The highest BCUT2D eigenvalue weighted by Crippen LogP contribution is 2.19. The first-order chi connectivity index (χ1) is 9.59. The van der Waals surface area contributed by atoms with Gasteiger partial charge in [-0.15, -0.1) is 11.3 Å². The molecule has 2 heterocycles. The maximum absolute atomic E-state index is 12.3. The van der Waals surface area contributed by atoms with Gasteiger partial charge in [0.1, 0.15) is 4.70 Å². The van der Waals surface area contributed by atoms with Crippen LogP contribution < -0.4 is 10.9 Å². The van der Waals surface area contributed by atoms with Crippen LogP contribution in [-0.2, 0) is 6.54 Å². The molecule has 0 radical (unpaired) electrons. The highest BCUT2D eigenvalue weighted by molar-refractivity contribution is 7.17. The van der Waals surface area contributed by atoms with Gasteiger partial charge in [-0.05, 0) is 43.2 Å². The van der Waals surface area contributed by atoms with E-state index in [-0.39, 0.29) is 5.56 Å². The first-order valence-electron chi connectivity index (χ1n) is 7.23. The van der Waals surface area contributed by atoms with E-state index in [1.807, 2.05) is 12.3 Å². The van der Waals surface area contributed by atoms with E-state index in [2.05, 4.69) is 24.1 Å². The first-order valence-corrected chi connectivity index (χ1v) is 8.11. The van der Waals surface area contributed by atoms with Crippen molar-refractivity contribution < 1.29 is 0 Å². The Labute approximate surface area is 123 Å². The average molecular weight is 293 g/mol. The highest BCUT2D eigenvalue weighted by atomic mass is 32.1. The van der Waals surface area contributed by atoms with E-state index in [0.29, 0.717) is 6.54 Å². The lowest BCUT2D eigenvalue weighted by Crippen LogP contribution is -2.27. The fraction of sp³-hybridized carbons (Fsp3) is 0.600. The first kappa shape index (κ1) is 15.2. The zero-order valence-electron chi connectivity index (χ0n) is 12.5. The second-order valence-electron chi connectivity index (χ2n) is 5.63. The summed E-state index contributed by atoms with van der Waals surface area (Å²) in [5.74, 6) is 0.757. The van der Waals surface area contributed by atoms with Gasteiger partial charge in [0, 0.05) is 13.1 Å². The third-order valence-electron chi connectivity index (χ3n) is 3.39. The lowest BCUT2D eigenvalue weighted by Gasteiger charge is -2.08. The van der Waals surface area contributed by atoms with Gasteiger partial charge in [-0.3, -0.25) is 9.36 Å². The predicted octanol–water partition coefficient (Wildman–Crippen LogP) is 2.79. The Bertz CT molecular complexity index is 615. The molecule has 0 atom stereocenters. The molecule has 1 N–H and O–H groups in total. The largest absolute Gasteiger partial charge is 0.315 e.